The van der Waals surface area contributed by atoms with E-state index in [1.807, 2.05) is 24.3 Å². The molecule has 1 saturated heterocycles. The molecule has 1 unspecified atom stereocenters. The van der Waals surface area contributed by atoms with Crippen molar-refractivity contribution < 1.29 is 14.6 Å². The van der Waals surface area contributed by atoms with Gasteiger partial charge in [-0.15, -0.1) is 0 Å². The molecule has 1 aromatic rings. The van der Waals surface area contributed by atoms with Crippen LogP contribution in [0.1, 0.15) is 38.5 Å². The summed E-state index contributed by atoms with van der Waals surface area (Å²) in [7, 11) is 1.68. The van der Waals surface area contributed by atoms with Crippen LogP contribution in [0.5, 0.6) is 5.75 Å². The maximum atomic E-state index is 12.4. The number of methoxy groups -OCH3 is 1. The third-order valence-corrected chi connectivity index (χ3v) is 5.04. The van der Waals surface area contributed by atoms with Gasteiger partial charge in [0.05, 0.1) is 12.8 Å². The number of carbonyl (C=O) groups excluding carboxylic acids is 1. The van der Waals surface area contributed by atoms with Crippen molar-refractivity contribution >= 4 is 11.6 Å². The molecule has 0 spiro atoms. The van der Waals surface area contributed by atoms with Gasteiger partial charge in [0.15, 0.2) is 0 Å². The van der Waals surface area contributed by atoms with E-state index >= 15 is 0 Å². The maximum absolute atomic E-state index is 12.4. The van der Waals surface area contributed by atoms with Gasteiger partial charge >= 0.3 is 0 Å². The molecule has 1 atom stereocenters. The third kappa shape index (κ3) is 3.44. The zero-order valence-electron chi connectivity index (χ0n) is 13.8. The Bertz CT molecular complexity index is 555. The molecule has 1 aromatic carbocycles. The van der Waals surface area contributed by atoms with E-state index in [0.29, 0.717) is 12.8 Å². The van der Waals surface area contributed by atoms with Crippen LogP contribution in [0.3, 0.4) is 0 Å². The van der Waals surface area contributed by atoms with Crippen LogP contribution in [-0.2, 0) is 4.79 Å². The molecule has 126 valence electrons. The summed E-state index contributed by atoms with van der Waals surface area (Å²) in [4.78, 5) is 14.7. The standard InChI is InChI=1S/C18H26N2O3/c1-23-16-9-3-2-8-15(16)20-12-6-7-14(13-20)19-17(21)18(22)10-4-5-11-18/h2-3,8-9,14,22H,4-7,10-13H2,1H3,(H,19,21). The third-order valence-electron chi connectivity index (χ3n) is 5.04. The normalized spacial score (nSPS) is 23.6. The van der Waals surface area contributed by atoms with Crippen molar-refractivity contribution in [1.29, 1.82) is 0 Å². The van der Waals surface area contributed by atoms with Crippen LogP contribution in [0.2, 0.25) is 0 Å². The number of nitrogens with one attached hydrogen (secondary N) is 1. The number of para-hydroxylation sites is 2. The summed E-state index contributed by atoms with van der Waals surface area (Å²) in [6, 6.07) is 8.04. The number of ether oxygens (including phenoxy) is 1. The van der Waals surface area contributed by atoms with E-state index < -0.39 is 5.60 Å². The van der Waals surface area contributed by atoms with Crippen molar-refractivity contribution in [2.24, 2.45) is 0 Å². The lowest BCUT2D eigenvalue weighted by Gasteiger charge is -2.36. The first-order valence-electron chi connectivity index (χ1n) is 8.54. The van der Waals surface area contributed by atoms with Crippen LogP contribution >= 0.6 is 0 Å². The van der Waals surface area contributed by atoms with Crippen LogP contribution < -0.4 is 15.0 Å². The summed E-state index contributed by atoms with van der Waals surface area (Å²) in [5.41, 5.74) is -0.0827. The van der Waals surface area contributed by atoms with Gasteiger partial charge in [-0.05, 0) is 50.7 Å². The molecule has 1 saturated carbocycles. The summed E-state index contributed by atoms with van der Waals surface area (Å²) in [5, 5.41) is 13.5. The topological polar surface area (TPSA) is 61.8 Å². The molecule has 1 heterocycles. The Labute approximate surface area is 137 Å². The minimum absolute atomic E-state index is 0.0748. The zero-order chi connectivity index (χ0) is 16.3. The van der Waals surface area contributed by atoms with Crippen LogP contribution in [0, 0.1) is 0 Å². The Balaban J connectivity index is 1.65. The lowest BCUT2D eigenvalue weighted by Crippen LogP contribution is -2.53. The van der Waals surface area contributed by atoms with E-state index in [1.54, 1.807) is 7.11 Å². The van der Waals surface area contributed by atoms with Gasteiger partial charge in [-0.25, -0.2) is 0 Å². The van der Waals surface area contributed by atoms with E-state index in [0.717, 1.165) is 50.2 Å². The van der Waals surface area contributed by atoms with E-state index in [-0.39, 0.29) is 11.9 Å². The van der Waals surface area contributed by atoms with Gasteiger partial charge in [-0.3, -0.25) is 4.79 Å². The molecule has 1 amide bonds. The molecule has 2 aliphatic rings. The Kier molecular flexibility index (Phi) is 4.76. The molecule has 3 rings (SSSR count). The second kappa shape index (κ2) is 6.79. The van der Waals surface area contributed by atoms with Gasteiger partial charge in [0.2, 0.25) is 0 Å². The minimum atomic E-state index is -1.15. The number of amides is 1. The highest BCUT2D eigenvalue weighted by Crippen LogP contribution is 2.31. The van der Waals surface area contributed by atoms with Crippen LogP contribution in [-0.4, -0.2) is 42.9 Å². The Morgan fingerprint density at radius 2 is 2.04 bits per heavy atom. The lowest BCUT2D eigenvalue weighted by molar-refractivity contribution is -0.140. The SMILES string of the molecule is COc1ccccc1N1CCCC(NC(=O)C2(O)CCCC2)C1. The molecule has 0 aromatic heterocycles. The van der Waals surface area contributed by atoms with Crippen molar-refractivity contribution in [1.82, 2.24) is 5.32 Å². The quantitative estimate of drug-likeness (QED) is 0.892. The number of aliphatic hydroxyl groups is 1. The van der Waals surface area contributed by atoms with E-state index in [4.69, 9.17) is 4.74 Å². The van der Waals surface area contributed by atoms with Crippen molar-refractivity contribution in [3.63, 3.8) is 0 Å². The van der Waals surface area contributed by atoms with Gasteiger partial charge in [0, 0.05) is 19.1 Å². The molecular formula is C18H26N2O3. The van der Waals surface area contributed by atoms with Crippen LogP contribution in [0.4, 0.5) is 5.69 Å². The molecule has 5 nitrogen and oxygen atoms in total. The van der Waals surface area contributed by atoms with Crippen molar-refractivity contribution in [3.8, 4) is 5.75 Å². The molecule has 0 radical (unpaired) electrons. The van der Waals surface area contributed by atoms with Gasteiger partial charge in [0.25, 0.3) is 5.91 Å². The minimum Gasteiger partial charge on any atom is -0.495 e. The number of rotatable bonds is 4. The van der Waals surface area contributed by atoms with Crippen molar-refractivity contribution in [2.45, 2.75) is 50.2 Å². The van der Waals surface area contributed by atoms with Gasteiger partial charge in [0.1, 0.15) is 11.4 Å². The first-order valence-corrected chi connectivity index (χ1v) is 8.54. The fourth-order valence-electron chi connectivity index (χ4n) is 3.71. The lowest BCUT2D eigenvalue weighted by atomic mass is 9.99. The molecule has 1 aliphatic heterocycles. The molecule has 1 aliphatic carbocycles. The van der Waals surface area contributed by atoms with Crippen molar-refractivity contribution in [2.75, 3.05) is 25.1 Å². The number of anilines is 1. The number of piperidine rings is 1. The monoisotopic (exact) mass is 318 g/mol. The summed E-state index contributed by atoms with van der Waals surface area (Å²) in [6.45, 7) is 1.71. The second-order valence-corrected chi connectivity index (χ2v) is 6.67. The summed E-state index contributed by atoms with van der Waals surface area (Å²) in [6.07, 6.45) is 5.00. The molecule has 0 bridgehead atoms. The maximum Gasteiger partial charge on any atom is 0.252 e. The number of hydrogen-bond acceptors (Lipinski definition) is 4. The van der Waals surface area contributed by atoms with Crippen molar-refractivity contribution in [3.05, 3.63) is 24.3 Å². The fourth-order valence-corrected chi connectivity index (χ4v) is 3.71. The highest BCUT2D eigenvalue weighted by atomic mass is 16.5. The average molecular weight is 318 g/mol. The smallest absolute Gasteiger partial charge is 0.252 e. The number of hydrogen-bond donors (Lipinski definition) is 2. The number of carbonyl (C=O) groups is 1. The summed E-state index contributed by atoms with van der Waals surface area (Å²) in [5.74, 6) is 0.663. The Morgan fingerprint density at radius 3 is 2.78 bits per heavy atom. The van der Waals surface area contributed by atoms with Crippen LogP contribution in [0.15, 0.2) is 24.3 Å². The Hall–Kier alpha value is -1.75. The van der Waals surface area contributed by atoms with Gasteiger partial charge in [-0.1, -0.05) is 12.1 Å². The molecule has 2 fully saturated rings. The van der Waals surface area contributed by atoms with E-state index in [1.165, 1.54) is 0 Å². The number of benzene rings is 1. The van der Waals surface area contributed by atoms with E-state index in [9.17, 15) is 9.90 Å². The largest absolute Gasteiger partial charge is 0.495 e. The highest BCUT2D eigenvalue weighted by molar-refractivity contribution is 5.85. The van der Waals surface area contributed by atoms with Crippen LogP contribution in [0.25, 0.3) is 0 Å². The molecule has 5 heteroatoms. The molecule has 2 N–H and O–H groups in total. The highest BCUT2D eigenvalue weighted by Gasteiger charge is 2.40. The molecule has 23 heavy (non-hydrogen) atoms. The Morgan fingerprint density at radius 1 is 1.30 bits per heavy atom. The zero-order valence-corrected chi connectivity index (χ0v) is 13.8. The summed E-state index contributed by atoms with van der Waals surface area (Å²) >= 11 is 0. The summed E-state index contributed by atoms with van der Waals surface area (Å²) < 4.78 is 5.44. The van der Waals surface area contributed by atoms with E-state index in [2.05, 4.69) is 10.2 Å². The number of nitrogens with zero attached hydrogens (tertiary/aromatic N) is 1. The predicted molar refractivity (Wildman–Crippen MR) is 89.8 cm³/mol. The second-order valence-electron chi connectivity index (χ2n) is 6.67. The average Bonchev–Trinajstić information content (AvgIpc) is 3.03. The molecular weight excluding hydrogens is 292 g/mol. The predicted octanol–water partition coefficient (Wildman–Crippen LogP) is 2.09. The van der Waals surface area contributed by atoms with Gasteiger partial charge in [-0.2, -0.15) is 0 Å². The first kappa shape index (κ1) is 16.1. The first-order chi connectivity index (χ1) is 11.1. The fraction of sp³-hybridized carbons (Fsp3) is 0.611. The van der Waals surface area contributed by atoms with Gasteiger partial charge < -0.3 is 20.1 Å².